The average molecular weight is 140 g/mol. The molecule has 0 aromatic carbocycles. The SMILES string of the molecule is CNC1=C(C=N)CCCO1. The molecule has 0 aromatic heterocycles. The summed E-state index contributed by atoms with van der Waals surface area (Å²) in [4.78, 5) is 0. The Balaban J connectivity index is 2.72. The first kappa shape index (κ1) is 7.12. The highest BCUT2D eigenvalue weighted by atomic mass is 16.5. The third kappa shape index (κ3) is 1.29. The molecule has 2 N–H and O–H groups in total. The maximum absolute atomic E-state index is 7.03. The lowest BCUT2D eigenvalue weighted by molar-refractivity contribution is 0.174. The van der Waals surface area contributed by atoms with E-state index in [1.807, 2.05) is 7.05 Å². The monoisotopic (exact) mass is 140 g/mol. The van der Waals surface area contributed by atoms with Crippen molar-refractivity contribution in [1.29, 1.82) is 5.41 Å². The number of hydrogen-bond acceptors (Lipinski definition) is 3. The van der Waals surface area contributed by atoms with E-state index in [9.17, 15) is 0 Å². The highest BCUT2D eigenvalue weighted by Crippen LogP contribution is 2.14. The molecule has 0 saturated carbocycles. The Labute approximate surface area is 60.6 Å². The van der Waals surface area contributed by atoms with E-state index < -0.39 is 0 Å². The van der Waals surface area contributed by atoms with E-state index in [1.54, 1.807) is 0 Å². The molecule has 56 valence electrons. The van der Waals surface area contributed by atoms with Gasteiger partial charge in [-0.1, -0.05) is 0 Å². The molecule has 0 aromatic rings. The zero-order valence-electron chi connectivity index (χ0n) is 6.11. The summed E-state index contributed by atoms with van der Waals surface area (Å²) in [5, 5.41) is 9.94. The van der Waals surface area contributed by atoms with Crippen LogP contribution in [0.4, 0.5) is 0 Å². The number of allylic oxidation sites excluding steroid dienone is 1. The molecule has 0 amide bonds. The molecule has 1 aliphatic rings. The molecule has 0 spiro atoms. The Hall–Kier alpha value is -0.990. The van der Waals surface area contributed by atoms with Gasteiger partial charge in [-0.3, -0.25) is 0 Å². The van der Waals surface area contributed by atoms with Gasteiger partial charge in [0.25, 0.3) is 0 Å². The van der Waals surface area contributed by atoms with Gasteiger partial charge in [0.15, 0.2) is 5.88 Å². The fourth-order valence-corrected chi connectivity index (χ4v) is 1.01. The molecule has 0 bridgehead atoms. The predicted octanol–water partition coefficient (Wildman–Crippen LogP) is 0.877. The molecule has 10 heavy (non-hydrogen) atoms. The molecule has 0 saturated heterocycles. The van der Waals surface area contributed by atoms with E-state index >= 15 is 0 Å². The number of nitrogens with one attached hydrogen (secondary N) is 2. The minimum atomic E-state index is 0.765. The first-order valence-electron chi connectivity index (χ1n) is 3.42. The Morgan fingerprint density at radius 2 is 2.50 bits per heavy atom. The summed E-state index contributed by atoms with van der Waals surface area (Å²) >= 11 is 0. The van der Waals surface area contributed by atoms with Crippen LogP contribution >= 0.6 is 0 Å². The molecule has 0 fully saturated rings. The third-order valence-corrected chi connectivity index (χ3v) is 1.53. The lowest BCUT2D eigenvalue weighted by Crippen LogP contribution is -2.17. The predicted molar refractivity (Wildman–Crippen MR) is 40.1 cm³/mol. The van der Waals surface area contributed by atoms with Crippen LogP contribution < -0.4 is 5.32 Å². The van der Waals surface area contributed by atoms with Crippen molar-refractivity contribution < 1.29 is 4.74 Å². The van der Waals surface area contributed by atoms with Gasteiger partial charge in [-0.15, -0.1) is 0 Å². The number of hydrogen-bond donors (Lipinski definition) is 2. The van der Waals surface area contributed by atoms with Crippen LogP contribution in [0.1, 0.15) is 12.8 Å². The molecule has 0 unspecified atom stereocenters. The molecule has 1 heterocycles. The standard InChI is InChI=1S/C7H12N2O/c1-9-7-6(5-8)3-2-4-10-7/h5,8-9H,2-4H2,1H3. The summed E-state index contributed by atoms with van der Waals surface area (Å²) in [5.74, 6) is 0.765. The normalized spacial score (nSPS) is 18.1. The van der Waals surface area contributed by atoms with E-state index in [4.69, 9.17) is 10.1 Å². The van der Waals surface area contributed by atoms with Gasteiger partial charge in [0.05, 0.1) is 6.61 Å². The molecule has 3 heteroatoms. The van der Waals surface area contributed by atoms with Crippen molar-refractivity contribution in [2.75, 3.05) is 13.7 Å². The molecule has 0 atom stereocenters. The highest BCUT2D eigenvalue weighted by molar-refractivity contribution is 5.76. The average Bonchev–Trinajstić information content (AvgIpc) is 2.04. The van der Waals surface area contributed by atoms with Crippen molar-refractivity contribution in [3.05, 3.63) is 11.5 Å². The second-order valence-corrected chi connectivity index (χ2v) is 2.20. The summed E-state index contributed by atoms with van der Waals surface area (Å²) in [6.45, 7) is 0.771. The topological polar surface area (TPSA) is 45.1 Å². The largest absolute Gasteiger partial charge is 0.479 e. The van der Waals surface area contributed by atoms with Gasteiger partial charge in [-0.2, -0.15) is 0 Å². The summed E-state index contributed by atoms with van der Waals surface area (Å²) in [6, 6.07) is 0. The second kappa shape index (κ2) is 3.25. The number of ether oxygens (including phenoxy) is 1. The van der Waals surface area contributed by atoms with Crippen LogP contribution in [0.15, 0.2) is 11.5 Å². The molecule has 1 aliphatic heterocycles. The van der Waals surface area contributed by atoms with E-state index in [2.05, 4.69) is 5.32 Å². The van der Waals surface area contributed by atoms with Gasteiger partial charge in [0.2, 0.25) is 0 Å². The van der Waals surface area contributed by atoms with Gasteiger partial charge >= 0.3 is 0 Å². The maximum Gasteiger partial charge on any atom is 0.191 e. The zero-order valence-corrected chi connectivity index (χ0v) is 6.11. The van der Waals surface area contributed by atoms with Gasteiger partial charge in [0.1, 0.15) is 0 Å². The van der Waals surface area contributed by atoms with Crippen LogP contribution in [0, 0.1) is 5.41 Å². The van der Waals surface area contributed by atoms with Crippen molar-refractivity contribution in [2.24, 2.45) is 0 Å². The second-order valence-electron chi connectivity index (χ2n) is 2.20. The first-order valence-corrected chi connectivity index (χ1v) is 3.42. The van der Waals surface area contributed by atoms with Gasteiger partial charge in [-0.25, -0.2) is 0 Å². The fourth-order valence-electron chi connectivity index (χ4n) is 1.01. The number of rotatable bonds is 2. The van der Waals surface area contributed by atoms with Gasteiger partial charge < -0.3 is 15.5 Å². The van der Waals surface area contributed by atoms with E-state index in [0.29, 0.717) is 0 Å². The fraction of sp³-hybridized carbons (Fsp3) is 0.571. The lowest BCUT2D eigenvalue weighted by atomic mass is 10.1. The van der Waals surface area contributed by atoms with Crippen LogP contribution in [-0.4, -0.2) is 19.9 Å². The molecule has 1 rings (SSSR count). The van der Waals surface area contributed by atoms with E-state index in [0.717, 1.165) is 30.9 Å². The summed E-state index contributed by atoms with van der Waals surface area (Å²) in [6.07, 6.45) is 3.33. The van der Waals surface area contributed by atoms with Crippen molar-refractivity contribution >= 4 is 6.21 Å². The summed E-state index contributed by atoms with van der Waals surface area (Å²) < 4.78 is 5.25. The van der Waals surface area contributed by atoms with Gasteiger partial charge in [0, 0.05) is 18.8 Å². The first-order chi connectivity index (χ1) is 4.88. The van der Waals surface area contributed by atoms with Crippen LogP contribution in [0.2, 0.25) is 0 Å². The Morgan fingerprint density at radius 3 is 3.00 bits per heavy atom. The minimum Gasteiger partial charge on any atom is -0.479 e. The summed E-state index contributed by atoms with van der Waals surface area (Å²) in [5.41, 5.74) is 0.966. The van der Waals surface area contributed by atoms with E-state index in [-0.39, 0.29) is 0 Å². The van der Waals surface area contributed by atoms with Crippen molar-refractivity contribution in [1.82, 2.24) is 5.32 Å². The van der Waals surface area contributed by atoms with Crippen LogP contribution in [0.3, 0.4) is 0 Å². The van der Waals surface area contributed by atoms with Crippen LogP contribution in [-0.2, 0) is 4.74 Å². The highest BCUT2D eigenvalue weighted by Gasteiger charge is 2.09. The minimum absolute atomic E-state index is 0.765. The van der Waals surface area contributed by atoms with Gasteiger partial charge in [-0.05, 0) is 12.8 Å². The Kier molecular flexibility index (Phi) is 2.31. The lowest BCUT2D eigenvalue weighted by Gasteiger charge is -2.17. The molecule has 0 aliphatic carbocycles. The summed E-state index contributed by atoms with van der Waals surface area (Å²) in [7, 11) is 1.81. The Morgan fingerprint density at radius 1 is 1.70 bits per heavy atom. The van der Waals surface area contributed by atoms with Crippen molar-refractivity contribution in [3.63, 3.8) is 0 Å². The smallest absolute Gasteiger partial charge is 0.191 e. The zero-order chi connectivity index (χ0) is 7.40. The van der Waals surface area contributed by atoms with Crippen molar-refractivity contribution in [3.8, 4) is 0 Å². The van der Waals surface area contributed by atoms with E-state index in [1.165, 1.54) is 6.21 Å². The molecular formula is C7H12N2O. The molecule has 0 radical (unpaired) electrons. The quantitative estimate of drug-likeness (QED) is 0.559. The Bertz CT molecular complexity index is 163. The van der Waals surface area contributed by atoms with Crippen LogP contribution in [0.5, 0.6) is 0 Å². The molecular weight excluding hydrogens is 128 g/mol. The van der Waals surface area contributed by atoms with Crippen LogP contribution in [0.25, 0.3) is 0 Å². The maximum atomic E-state index is 7.03. The molecule has 3 nitrogen and oxygen atoms in total. The van der Waals surface area contributed by atoms with Crippen molar-refractivity contribution in [2.45, 2.75) is 12.8 Å². The third-order valence-electron chi connectivity index (χ3n) is 1.53.